The van der Waals surface area contributed by atoms with Gasteiger partial charge in [0.25, 0.3) is 0 Å². The maximum atomic E-state index is 16.1. The van der Waals surface area contributed by atoms with Gasteiger partial charge in [-0.25, -0.2) is 4.39 Å². The van der Waals surface area contributed by atoms with Crippen LogP contribution in [0.3, 0.4) is 0 Å². The van der Waals surface area contributed by atoms with Crippen LogP contribution in [0.4, 0.5) is 4.39 Å². The Hall–Kier alpha value is -2.40. The smallest absolute Gasteiger partial charge is 0.201 e. The molecule has 2 aromatic carbocycles. The topological polar surface area (TPSA) is 35.5 Å². The highest BCUT2D eigenvalue weighted by molar-refractivity contribution is 6.07. The van der Waals surface area contributed by atoms with E-state index < -0.39 is 11.5 Å². The number of benzene rings is 2. The van der Waals surface area contributed by atoms with E-state index in [1.54, 1.807) is 19.2 Å². The predicted octanol–water partition coefficient (Wildman–Crippen LogP) is 4.21. The van der Waals surface area contributed by atoms with Crippen molar-refractivity contribution in [1.82, 2.24) is 0 Å². The summed E-state index contributed by atoms with van der Waals surface area (Å²) in [5.74, 6) is 0.373. The van der Waals surface area contributed by atoms with E-state index in [0.29, 0.717) is 29.9 Å². The third-order valence-corrected chi connectivity index (χ3v) is 6.77. The van der Waals surface area contributed by atoms with Crippen LogP contribution in [-0.2, 0) is 13.0 Å². The first-order chi connectivity index (χ1) is 13.9. The molecule has 0 aromatic heterocycles. The van der Waals surface area contributed by atoms with Gasteiger partial charge in [-0.05, 0) is 17.7 Å². The van der Waals surface area contributed by atoms with Crippen molar-refractivity contribution in [2.75, 3.05) is 34.4 Å². The van der Waals surface area contributed by atoms with Gasteiger partial charge in [-0.1, -0.05) is 30.3 Å². The maximum absolute atomic E-state index is 16.1. The van der Waals surface area contributed by atoms with Crippen LogP contribution in [0.5, 0.6) is 11.5 Å². The molecule has 4 rings (SSSR count). The molecule has 4 nitrogen and oxygen atoms in total. The fourth-order valence-corrected chi connectivity index (χ4v) is 5.02. The molecule has 29 heavy (non-hydrogen) atoms. The predicted molar refractivity (Wildman–Crippen MR) is 110 cm³/mol. The van der Waals surface area contributed by atoms with Crippen molar-refractivity contribution in [3.63, 3.8) is 0 Å². The Kier molecular flexibility index (Phi) is 5.11. The average molecular weight is 398 g/mol. The molecule has 0 saturated carbocycles. The van der Waals surface area contributed by atoms with Gasteiger partial charge in [0.1, 0.15) is 6.54 Å². The average Bonchev–Trinajstić information content (AvgIpc) is 2.98. The number of quaternary nitrogens is 1. The van der Waals surface area contributed by atoms with E-state index in [9.17, 15) is 4.79 Å². The summed E-state index contributed by atoms with van der Waals surface area (Å²) in [5, 5.41) is 0. The van der Waals surface area contributed by atoms with Crippen molar-refractivity contribution < 1.29 is 23.1 Å². The summed E-state index contributed by atoms with van der Waals surface area (Å²) in [7, 11) is 5.31. The van der Waals surface area contributed by atoms with Crippen LogP contribution in [-0.4, -0.2) is 50.3 Å². The van der Waals surface area contributed by atoms with Crippen LogP contribution in [0.25, 0.3) is 0 Å². The van der Waals surface area contributed by atoms with Crippen molar-refractivity contribution in [2.45, 2.75) is 31.5 Å². The molecule has 1 unspecified atom stereocenters. The first-order valence-corrected chi connectivity index (χ1v) is 10.2. The zero-order chi connectivity index (χ0) is 20.6. The molecular formula is C24H29FNO3+. The van der Waals surface area contributed by atoms with Gasteiger partial charge in [0, 0.05) is 36.3 Å². The van der Waals surface area contributed by atoms with Crippen molar-refractivity contribution in [3.05, 3.63) is 59.2 Å². The summed E-state index contributed by atoms with van der Waals surface area (Å²) in [4.78, 5) is 13.1. The molecule has 1 fully saturated rings. The normalized spacial score (nSPS) is 28.8. The maximum Gasteiger partial charge on any atom is 0.201 e. The second kappa shape index (κ2) is 7.45. The van der Waals surface area contributed by atoms with Gasteiger partial charge in [0.2, 0.25) is 5.78 Å². The summed E-state index contributed by atoms with van der Waals surface area (Å²) in [6.07, 6.45) is 1.57. The highest BCUT2D eigenvalue weighted by Crippen LogP contribution is 2.46. The fraction of sp³-hybridized carbons (Fsp3) is 0.458. The molecule has 0 spiro atoms. The number of Topliss-reactive ketones (excluding diaryl/α,β-unsaturated/α-hetero) is 1. The summed E-state index contributed by atoms with van der Waals surface area (Å²) in [5.41, 5.74) is 0.643. The minimum atomic E-state index is -1.82. The van der Waals surface area contributed by atoms with E-state index in [0.717, 1.165) is 29.7 Å². The second-order valence-corrected chi connectivity index (χ2v) is 8.72. The summed E-state index contributed by atoms with van der Waals surface area (Å²) in [6, 6.07) is 13.8. The molecule has 0 amide bonds. The van der Waals surface area contributed by atoms with E-state index >= 15 is 4.39 Å². The Balaban J connectivity index is 1.50. The number of likely N-dealkylation sites (tertiary alicyclic amines) is 1. The number of ether oxygens (including phenoxy) is 2. The van der Waals surface area contributed by atoms with Crippen molar-refractivity contribution in [3.8, 4) is 11.5 Å². The second-order valence-electron chi connectivity index (χ2n) is 8.72. The number of hydrogen-bond acceptors (Lipinski definition) is 3. The standard InChI is InChI=1S/C24H29FNO3/c1-26(16-17-7-5-4-6-8-17)11-9-19(10-12-26)24(25)15-18-13-21(28-2)22(29-3)14-20(18)23(24)27/h4-8,13-14,19H,9-12,15-16H2,1-3H3/q+1. The molecule has 1 saturated heterocycles. The molecule has 2 aliphatic rings. The summed E-state index contributed by atoms with van der Waals surface area (Å²) in [6.45, 7) is 2.69. The van der Waals surface area contributed by atoms with E-state index in [1.165, 1.54) is 12.7 Å². The largest absolute Gasteiger partial charge is 0.493 e. The minimum Gasteiger partial charge on any atom is -0.493 e. The molecule has 1 aliphatic carbocycles. The minimum absolute atomic E-state index is 0.134. The molecule has 154 valence electrons. The Labute approximate surface area is 171 Å². The number of carbonyl (C=O) groups excluding carboxylic acids is 1. The molecule has 0 bridgehead atoms. The molecule has 1 heterocycles. The van der Waals surface area contributed by atoms with Gasteiger partial charge in [-0.15, -0.1) is 0 Å². The highest BCUT2D eigenvalue weighted by Gasteiger charge is 2.53. The lowest BCUT2D eigenvalue weighted by Gasteiger charge is -2.43. The number of hydrogen-bond donors (Lipinski definition) is 0. The zero-order valence-electron chi connectivity index (χ0n) is 17.4. The first kappa shape index (κ1) is 19.9. The number of ketones is 1. The number of methoxy groups -OCH3 is 2. The van der Waals surface area contributed by atoms with E-state index in [2.05, 4.69) is 31.3 Å². The fourth-order valence-electron chi connectivity index (χ4n) is 5.02. The number of nitrogens with zero attached hydrogens (tertiary/aromatic N) is 1. The van der Waals surface area contributed by atoms with Gasteiger partial charge in [-0.2, -0.15) is 0 Å². The molecule has 2 aromatic rings. The van der Waals surface area contributed by atoms with Crippen molar-refractivity contribution >= 4 is 5.78 Å². The lowest BCUT2D eigenvalue weighted by molar-refractivity contribution is -0.928. The summed E-state index contributed by atoms with van der Waals surface area (Å²) >= 11 is 0. The molecule has 1 atom stereocenters. The van der Waals surface area contributed by atoms with Gasteiger partial charge >= 0.3 is 0 Å². The van der Waals surface area contributed by atoms with Gasteiger partial charge in [0.15, 0.2) is 17.2 Å². The third-order valence-electron chi connectivity index (χ3n) is 6.77. The van der Waals surface area contributed by atoms with Crippen LogP contribution >= 0.6 is 0 Å². The lowest BCUT2D eigenvalue weighted by Crippen LogP contribution is -2.53. The van der Waals surface area contributed by atoms with E-state index in [1.807, 2.05) is 6.07 Å². The highest BCUT2D eigenvalue weighted by atomic mass is 19.1. The molecular weight excluding hydrogens is 369 g/mol. The van der Waals surface area contributed by atoms with E-state index in [4.69, 9.17) is 9.47 Å². The molecule has 5 heteroatoms. The zero-order valence-corrected chi connectivity index (χ0v) is 17.4. The van der Waals surface area contributed by atoms with Crippen LogP contribution < -0.4 is 9.47 Å². The van der Waals surface area contributed by atoms with Crippen LogP contribution in [0.1, 0.15) is 34.3 Å². The monoisotopic (exact) mass is 398 g/mol. The number of piperidine rings is 1. The van der Waals surface area contributed by atoms with Crippen molar-refractivity contribution in [1.29, 1.82) is 0 Å². The number of fused-ring (bicyclic) bond motifs is 1. The molecule has 0 radical (unpaired) electrons. The van der Waals surface area contributed by atoms with Gasteiger partial charge in [0.05, 0.1) is 34.4 Å². The van der Waals surface area contributed by atoms with Gasteiger partial charge in [-0.3, -0.25) is 4.79 Å². The number of carbonyl (C=O) groups is 1. The lowest BCUT2D eigenvalue weighted by atomic mass is 9.78. The number of rotatable bonds is 5. The quantitative estimate of drug-likeness (QED) is 0.708. The molecule has 1 aliphatic heterocycles. The SMILES string of the molecule is COc1cc2c(cc1OC)C(=O)C(F)(C1CC[N+](C)(Cc3ccccc3)CC1)C2. The van der Waals surface area contributed by atoms with E-state index in [-0.39, 0.29) is 12.3 Å². The number of halogens is 1. The van der Waals surface area contributed by atoms with Gasteiger partial charge < -0.3 is 14.0 Å². The van der Waals surface area contributed by atoms with Crippen LogP contribution in [0.2, 0.25) is 0 Å². The Bertz CT molecular complexity index is 906. The molecule has 0 N–H and O–H groups in total. The summed E-state index contributed by atoms with van der Waals surface area (Å²) < 4.78 is 27.6. The first-order valence-electron chi connectivity index (χ1n) is 10.2. The third kappa shape index (κ3) is 3.52. The van der Waals surface area contributed by atoms with Crippen molar-refractivity contribution in [2.24, 2.45) is 5.92 Å². The Morgan fingerprint density at radius 3 is 2.31 bits per heavy atom. The van der Waals surface area contributed by atoms with Crippen LogP contribution in [0, 0.1) is 5.92 Å². The Morgan fingerprint density at radius 1 is 1.07 bits per heavy atom. The number of alkyl halides is 1. The Morgan fingerprint density at radius 2 is 1.69 bits per heavy atom. The van der Waals surface area contributed by atoms with Crippen LogP contribution in [0.15, 0.2) is 42.5 Å².